The highest BCUT2D eigenvalue weighted by Gasteiger charge is 2.26. The summed E-state index contributed by atoms with van der Waals surface area (Å²) in [6.07, 6.45) is 0.299. The van der Waals surface area contributed by atoms with E-state index in [1.54, 1.807) is 27.7 Å². The van der Waals surface area contributed by atoms with Crippen LogP contribution in [0.1, 0.15) is 44.5 Å². The van der Waals surface area contributed by atoms with Gasteiger partial charge in [-0.2, -0.15) is 0 Å². The molecule has 1 aromatic carbocycles. The molecule has 23 heavy (non-hydrogen) atoms. The molecule has 128 valence electrons. The first-order valence-corrected chi connectivity index (χ1v) is 8.88. The zero-order valence-corrected chi connectivity index (χ0v) is 14.6. The van der Waals surface area contributed by atoms with Crippen LogP contribution in [0.15, 0.2) is 29.2 Å². The van der Waals surface area contributed by atoms with E-state index in [1.165, 1.54) is 24.3 Å². The Hall–Kier alpha value is -1.89. The first-order chi connectivity index (χ1) is 10.5. The van der Waals surface area contributed by atoms with Gasteiger partial charge in [0.05, 0.1) is 15.6 Å². The van der Waals surface area contributed by atoms with Crippen LogP contribution in [0.3, 0.4) is 0 Å². The van der Waals surface area contributed by atoms with Crippen LogP contribution in [0.2, 0.25) is 0 Å². The molecule has 6 nitrogen and oxygen atoms in total. The first-order valence-electron chi connectivity index (χ1n) is 7.34. The topological polar surface area (TPSA) is 101 Å². The molecule has 1 rings (SSSR count). The highest BCUT2D eigenvalue weighted by Crippen LogP contribution is 2.20. The van der Waals surface area contributed by atoms with Gasteiger partial charge >= 0.3 is 5.97 Å². The molecule has 0 aromatic heterocycles. The fourth-order valence-corrected chi connectivity index (χ4v) is 2.83. The lowest BCUT2D eigenvalue weighted by Gasteiger charge is -2.18. The van der Waals surface area contributed by atoms with Gasteiger partial charge in [0.2, 0.25) is 0 Å². The summed E-state index contributed by atoms with van der Waals surface area (Å²) >= 11 is 0. The molecule has 0 saturated carbocycles. The molecule has 1 aromatic rings. The summed E-state index contributed by atoms with van der Waals surface area (Å²) in [4.78, 5) is 23.1. The van der Waals surface area contributed by atoms with Crippen molar-refractivity contribution in [2.45, 2.75) is 44.3 Å². The minimum absolute atomic E-state index is 0.177. The highest BCUT2D eigenvalue weighted by atomic mass is 32.2. The predicted octanol–water partition coefficient (Wildman–Crippen LogP) is 2.10. The zero-order valence-electron chi connectivity index (χ0n) is 13.8. The van der Waals surface area contributed by atoms with Crippen LogP contribution >= 0.6 is 0 Å². The summed E-state index contributed by atoms with van der Waals surface area (Å²) < 4.78 is 24.0. The lowest BCUT2D eigenvalue weighted by molar-refractivity contribution is -0.147. The van der Waals surface area contributed by atoms with Crippen LogP contribution in [0.5, 0.6) is 0 Å². The van der Waals surface area contributed by atoms with Crippen LogP contribution in [0.25, 0.3) is 0 Å². The van der Waals surface area contributed by atoms with Crippen LogP contribution in [0.4, 0.5) is 0 Å². The van der Waals surface area contributed by atoms with Gasteiger partial charge in [-0.3, -0.25) is 9.59 Å². The molecule has 7 heteroatoms. The Morgan fingerprint density at radius 1 is 1.17 bits per heavy atom. The summed E-state index contributed by atoms with van der Waals surface area (Å²) in [5, 5.41) is 11.1. The monoisotopic (exact) mass is 341 g/mol. The van der Waals surface area contributed by atoms with Crippen LogP contribution in [0, 0.1) is 5.41 Å². The largest absolute Gasteiger partial charge is 0.481 e. The van der Waals surface area contributed by atoms with Gasteiger partial charge in [-0.25, -0.2) is 8.42 Å². The lowest BCUT2D eigenvalue weighted by Crippen LogP contribution is -2.31. The normalized spacial score (nSPS) is 12.2. The maximum absolute atomic E-state index is 12.0. The van der Waals surface area contributed by atoms with Crippen LogP contribution in [-0.4, -0.2) is 37.2 Å². The third-order valence-corrected chi connectivity index (χ3v) is 5.85. The minimum atomic E-state index is -3.36. The van der Waals surface area contributed by atoms with E-state index < -0.39 is 26.5 Å². The summed E-state index contributed by atoms with van der Waals surface area (Å²) in [7, 11) is -3.36. The van der Waals surface area contributed by atoms with E-state index in [2.05, 4.69) is 5.32 Å². The summed E-state index contributed by atoms with van der Waals surface area (Å²) in [5.74, 6) is -1.28. The molecule has 0 atom stereocenters. The fourth-order valence-electron chi connectivity index (χ4n) is 1.77. The van der Waals surface area contributed by atoms with Crippen LogP contribution < -0.4 is 5.32 Å². The van der Waals surface area contributed by atoms with Crippen molar-refractivity contribution >= 4 is 21.7 Å². The molecular weight excluding hydrogens is 318 g/mol. The second-order valence-corrected chi connectivity index (χ2v) is 8.82. The second-order valence-electron chi connectivity index (χ2n) is 6.31. The Kier molecular flexibility index (Phi) is 5.93. The SMILES string of the molecule is CC(C)S(=O)(=O)c1ccc(C(=O)NCCC(C)(C)C(=O)O)cc1. The molecule has 2 N–H and O–H groups in total. The smallest absolute Gasteiger partial charge is 0.309 e. The number of carboxylic acids is 1. The lowest BCUT2D eigenvalue weighted by atomic mass is 9.90. The van der Waals surface area contributed by atoms with Crippen LogP contribution in [-0.2, 0) is 14.6 Å². The summed E-state index contributed by atoms with van der Waals surface area (Å²) in [5.41, 5.74) is -0.580. The maximum atomic E-state index is 12.0. The van der Waals surface area contributed by atoms with E-state index in [4.69, 9.17) is 5.11 Å². The Labute approximate surface area is 136 Å². The van der Waals surface area contributed by atoms with Crippen molar-refractivity contribution in [3.05, 3.63) is 29.8 Å². The fraction of sp³-hybridized carbons (Fsp3) is 0.500. The number of hydrogen-bond acceptors (Lipinski definition) is 4. The molecular formula is C16H23NO5S. The number of nitrogens with one attached hydrogen (secondary N) is 1. The summed E-state index contributed by atoms with van der Waals surface area (Å²) in [6.45, 7) is 6.60. The van der Waals surface area contributed by atoms with Crippen molar-refractivity contribution < 1.29 is 23.1 Å². The minimum Gasteiger partial charge on any atom is -0.481 e. The van der Waals surface area contributed by atoms with Crippen molar-refractivity contribution in [3.63, 3.8) is 0 Å². The average Bonchev–Trinajstić information content (AvgIpc) is 2.46. The van der Waals surface area contributed by atoms with Crippen molar-refractivity contribution in [1.29, 1.82) is 0 Å². The van der Waals surface area contributed by atoms with E-state index >= 15 is 0 Å². The number of sulfone groups is 1. The Bertz CT molecular complexity index is 675. The van der Waals surface area contributed by atoms with Gasteiger partial charge in [-0.05, 0) is 58.4 Å². The van der Waals surface area contributed by atoms with E-state index in [1.807, 2.05) is 0 Å². The number of amides is 1. The quantitative estimate of drug-likeness (QED) is 0.791. The van der Waals surface area contributed by atoms with Gasteiger partial charge < -0.3 is 10.4 Å². The van der Waals surface area contributed by atoms with Crippen molar-refractivity contribution in [2.75, 3.05) is 6.54 Å². The number of aliphatic carboxylic acids is 1. The maximum Gasteiger partial charge on any atom is 0.309 e. The Morgan fingerprint density at radius 3 is 2.13 bits per heavy atom. The molecule has 0 heterocycles. The van der Waals surface area contributed by atoms with Crippen molar-refractivity contribution in [2.24, 2.45) is 5.41 Å². The van der Waals surface area contributed by atoms with Gasteiger partial charge in [0.1, 0.15) is 0 Å². The van der Waals surface area contributed by atoms with E-state index in [-0.39, 0.29) is 17.3 Å². The third-order valence-electron chi connectivity index (χ3n) is 3.68. The molecule has 0 saturated heterocycles. The number of carbonyl (C=O) groups is 2. The van der Waals surface area contributed by atoms with Gasteiger partial charge in [0, 0.05) is 12.1 Å². The number of benzene rings is 1. The second kappa shape index (κ2) is 7.12. The number of carboxylic acid groups (broad SMARTS) is 1. The highest BCUT2D eigenvalue weighted by molar-refractivity contribution is 7.92. The molecule has 0 spiro atoms. The number of carbonyl (C=O) groups excluding carboxylic acids is 1. The van der Waals surface area contributed by atoms with Gasteiger partial charge in [0.15, 0.2) is 9.84 Å². The van der Waals surface area contributed by atoms with Crippen molar-refractivity contribution in [1.82, 2.24) is 5.32 Å². The molecule has 0 unspecified atom stereocenters. The first kappa shape index (κ1) is 19.2. The molecule has 0 aliphatic heterocycles. The molecule has 0 fully saturated rings. The average molecular weight is 341 g/mol. The Balaban J connectivity index is 2.71. The molecule has 1 amide bonds. The zero-order chi connectivity index (χ0) is 17.8. The molecule has 0 aliphatic carbocycles. The predicted molar refractivity (Wildman–Crippen MR) is 87.1 cm³/mol. The van der Waals surface area contributed by atoms with Gasteiger partial charge in [-0.15, -0.1) is 0 Å². The third kappa shape index (κ3) is 4.79. The molecule has 0 aliphatic rings. The standard InChI is InChI=1S/C16H23NO5S/c1-11(2)23(21,22)13-7-5-12(6-8-13)14(18)17-10-9-16(3,4)15(19)20/h5-8,11H,9-10H2,1-4H3,(H,17,18)(H,19,20). The molecule has 0 bridgehead atoms. The summed E-state index contributed by atoms with van der Waals surface area (Å²) in [6, 6.07) is 5.72. The van der Waals surface area contributed by atoms with Crippen molar-refractivity contribution in [3.8, 4) is 0 Å². The van der Waals surface area contributed by atoms with Gasteiger partial charge in [0.25, 0.3) is 5.91 Å². The Morgan fingerprint density at radius 2 is 1.70 bits per heavy atom. The van der Waals surface area contributed by atoms with E-state index in [0.29, 0.717) is 12.0 Å². The van der Waals surface area contributed by atoms with Gasteiger partial charge in [-0.1, -0.05) is 0 Å². The van der Waals surface area contributed by atoms with E-state index in [9.17, 15) is 18.0 Å². The van der Waals surface area contributed by atoms with E-state index in [0.717, 1.165) is 0 Å². The number of rotatable bonds is 7. The number of hydrogen-bond donors (Lipinski definition) is 2. The molecule has 0 radical (unpaired) electrons.